The average Bonchev–Trinajstić information content (AvgIpc) is 3.08. The van der Waals surface area contributed by atoms with Crippen LogP contribution in [0.3, 0.4) is 0 Å². The van der Waals surface area contributed by atoms with E-state index >= 15 is 0 Å². The van der Waals surface area contributed by atoms with E-state index in [2.05, 4.69) is 10.2 Å². The molecule has 1 aromatic heterocycles. The minimum Gasteiger partial charge on any atom is -0.309 e. The molecule has 0 radical (unpaired) electrons. The highest BCUT2D eigenvalue weighted by Crippen LogP contribution is 2.37. The van der Waals surface area contributed by atoms with Crippen molar-refractivity contribution in [1.82, 2.24) is 14.8 Å². The maximum atomic E-state index is 13.2. The monoisotopic (exact) mass is 351 g/mol. The van der Waals surface area contributed by atoms with Crippen LogP contribution in [-0.4, -0.2) is 20.5 Å². The van der Waals surface area contributed by atoms with Crippen molar-refractivity contribution in [3.8, 4) is 0 Å². The van der Waals surface area contributed by atoms with Crippen LogP contribution in [0.25, 0.3) is 0 Å². The van der Waals surface area contributed by atoms with E-state index < -0.39 is 0 Å². The summed E-state index contributed by atoms with van der Waals surface area (Å²) in [6.07, 6.45) is 1.70. The van der Waals surface area contributed by atoms with Gasteiger partial charge in [0.25, 0.3) is 0 Å². The van der Waals surface area contributed by atoms with E-state index in [4.69, 9.17) is 0 Å². The zero-order chi connectivity index (χ0) is 17.8. The van der Waals surface area contributed by atoms with Gasteiger partial charge in [-0.15, -0.1) is 10.2 Å². The SMILES string of the molecule is CCn1cnnc1S[C@H](C(=O)c1ccc(C)cc1)c1ccc(C)cc1. The minimum atomic E-state index is -0.349. The van der Waals surface area contributed by atoms with E-state index in [0.717, 1.165) is 22.8 Å². The highest BCUT2D eigenvalue weighted by molar-refractivity contribution is 8.00. The molecule has 0 amide bonds. The van der Waals surface area contributed by atoms with Gasteiger partial charge in [0.05, 0.1) is 0 Å². The third-order valence-corrected chi connectivity index (χ3v) is 5.35. The van der Waals surface area contributed by atoms with Gasteiger partial charge in [-0.05, 0) is 26.3 Å². The van der Waals surface area contributed by atoms with Crippen molar-refractivity contribution in [2.45, 2.75) is 37.7 Å². The van der Waals surface area contributed by atoms with Gasteiger partial charge in [0, 0.05) is 12.1 Å². The fraction of sp³-hybridized carbons (Fsp3) is 0.250. The molecular formula is C20H21N3OS. The average molecular weight is 351 g/mol. The number of benzene rings is 2. The van der Waals surface area contributed by atoms with Crippen LogP contribution in [0.15, 0.2) is 60.0 Å². The molecule has 0 unspecified atom stereocenters. The summed E-state index contributed by atoms with van der Waals surface area (Å²) in [4.78, 5) is 13.2. The van der Waals surface area contributed by atoms with Crippen molar-refractivity contribution < 1.29 is 4.79 Å². The highest BCUT2D eigenvalue weighted by atomic mass is 32.2. The van der Waals surface area contributed by atoms with Gasteiger partial charge in [0.1, 0.15) is 11.6 Å². The molecule has 0 spiro atoms. The van der Waals surface area contributed by atoms with Gasteiger partial charge in [-0.25, -0.2) is 0 Å². The summed E-state index contributed by atoms with van der Waals surface area (Å²) in [6.45, 7) is 6.87. The first-order valence-corrected chi connectivity index (χ1v) is 9.18. The molecule has 5 heteroatoms. The van der Waals surface area contributed by atoms with Gasteiger partial charge in [-0.1, -0.05) is 71.4 Å². The summed E-state index contributed by atoms with van der Waals surface area (Å²) in [5.41, 5.74) is 4.01. The van der Waals surface area contributed by atoms with Crippen molar-refractivity contribution in [2.24, 2.45) is 0 Å². The van der Waals surface area contributed by atoms with Gasteiger partial charge < -0.3 is 4.57 Å². The molecule has 0 aliphatic heterocycles. The molecule has 0 saturated carbocycles. The van der Waals surface area contributed by atoms with E-state index in [1.54, 1.807) is 6.33 Å². The van der Waals surface area contributed by atoms with Gasteiger partial charge in [0.2, 0.25) is 0 Å². The van der Waals surface area contributed by atoms with E-state index in [1.807, 2.05) is 73.9 Å². The zero-order valence-corrected chi connectivity index (χ0v) is 15.5. The number of hydrogen-bond acceptors (Lipinski definition) is 4. The fourth-order valence-electron chi connectivity index (χ4n) is 2.54. The summed E-state index contributed by atoms with van der Waals surface area (Å²) >= 11 is 1.45. The van der Waals surface area contributed by atoms with Gasteiger partial charge in [-0.2, -0.15) is 0 Å². The summed E-state index contributed by atoms with van der Waals surface area (Å²) in [5, 5.41) is 8.57. The smallest absolute Gasteiger partial charge is 0.192 e. The molecule has 0 bridgehead atoms. The number of rotatable bonds is 6. The Hall–Kier alpha value is -2.40. The number of aryl methyl sites for hydroxylation is 3. The van der Waals surface area contributed by atoms with Crippen LogP contribution < -0.4 is 0 Å². The Morgan fingerprint density at radius 3 is 2.24 bits per heavy atom. The first-order chi connectivity index (χ1) is 12.1. The van der Waals surface area contributed by atoms with Gasteiger partial charge >= 0.3 is 0 Å². The molecule has 1 heterocycles. The van der Waals surface area contributed by atoms with Crippen molar-refractivity contribution >= 4 is 17.5 Å². The van der Waals surface area contributed by atoms with Crippen molar-refractivity contribution in [3.05, 3.63) is 77.1 Å². The second-order valence-corrected chi connectivity index (χ2v) is 7.11. The normalized spacial score (nSPS) is 12.1. The lowest BCUT2D eigenvalue weighted by atomic mass is 10.0. The van der Waals surface area contributed by atoms with E-state index in [0.29, 0.717) is 5.56 Å². The van der Waals surface area contributed by atoms with E-state index in [-0.39, 0.29) is 11.0 Å². The molecule has 0 saturated heterocycles. The van der Waals surface area contributed by atoms with Crippen LogP contribution in [0, 0.1) is 13.8 Å². The van der Waals surface area contributed by atoms with Crippen LogP contribution >= 0.6 is 11.8 Å². The minimum absolute atomic E-state index is 0.0829. The summed E-state index contributed by atoms with van der Waals surface area (Å²) < 4.78 is 1.95. The molecule has 3 aromatic rings. The first kappa shape index (κ1) is 17.4. The second-order valence-electron chi connectivity index (χ2n) is 6.04. The number of carbonyl (C=O) groups is 1. The molecule has 0 aliphatic carbocycles. The quantitative estimate of drug-likeness (QED) is 0.480. The van der Waals surface area contributed by atoms with Crippen LogP contribution in [0.5, 0.6) is 0 Å². The Balaban J connectivity index is 1.97. The molecule has 0 N–H and O–H groups in total. The lowest BCUT2D eigenvalue weighted by molar-refractivity contribution is 0.0989. The largest absolute Gasteiger partial charge is 0.309 e. The van der Waals surface area contributed by atoms with Crippen LogP contribution in [0.2, 0.25) is 0 Å². The number of nitrogens with zero attached hydrogens (tertiary/aromatic N) is 3. The Morgan fingerprint density at radius 2 is 1.64 bits per heavy atom. The molecular weight excluding hydrogens is 330 g/mol. The number of ketones is 1. The maximum Gasteiger partial charge on any atom is 0.192 e. The molecule has 4 nitrogen and oxygen atoms in total. The van der Waals surface area contributed by atoms with Gasteiger partial charge in [0.15, 0.2) is 10.9 Å². The standard InChI is InChI=1S/C20H21N3OS/c1-4-23-13-21-22-20(23)25-19(17-11-7-15(3)8-12-17)18(24)16-9-5-14(2)6-10-16/h5-13,19H,4H2,1-3H3/t19-/m0/s1. The Kier molecular flexibility index (Phi) is 5.34. The summed E-state index contributed by atoms with van der Waals surface area (Å²) in [6, 6.07) is 15.8. The molecule has 2 aromatic carbocycles. The molecule has 1 atom stereocenters. The van der Waals surface area contributed by atoms with Crippen molar-refractivity contribution in [3.63, 3.8) is 0 Å². The number of carbonyl (C=O) groups excluding carboxylic acids is 1. The number of hydrogen-bond donors (Lipinski definition) is 0. The molecule has 25 heavy (non-hydrogen) atoms. The van der Waals surface area contributed by atoms with E-state index in [9.17, 15) is 4.79 Å². The van der Waals surface area contributed by atoms with Gasteiger partial charge in [-0.3, -0.25) is 4.79 Å². The van der Waals surface area contributed by atoms with Crippen LogP contribution in [-0.2, 0) is 6.54 Å². The van der Waals surface area contributed by atoms with E-state index in [1.165, 1.54) is 17.3 Å². The summed E-state index contributed by atoms with van der Waals surface area (Å²) in [7, 11) is 0. The lowest BCUT2D eigenvalue weighted by Crippen LogP contribution is -2.11. The highest BCUT2D eigenvalue weighted by Gasteiger charge is 2.25. The third-order valence-electron chi connectivity index (χ3n) is 4.10. The predicted octanol–water partition coefficient (Wildman–Crippen LogP) is 4.63. The number of thioether (sulfide) groups is 1. The third kappa shape index (κ3) is 3.99. The molecule has 0 fully saturated rings. The maximum absolute atomic E-state index is 13.2. The lowest BCUT2D eigenvalue weighted by Gasteiger charge is -2.16. The van der Waals surface area contributed by atoms with Crippen LogP contribution in [0.4, 0.5) is 0 Å². The molecule has 128 valence electrons. The Labute approximate surface area is 152 Å². The predicted molar refractivity (Wildman–Crippen MR) is 101 cm³/mol. The Morgan fingerprint density at radius 1 is 1.04 bits per heavy atom. The first-order valence-electron chi connectivity index (χ1n) is 8.30. The molecule has 3 rings (SSSR count). The van der Waals surface area contributed by atoms with Crippen molar-refractivity contribution in [2.75, 3.05) is 0 Å². The van der Waals surface area contributed by atoms with Crippen molar-refractivity contribution in [1.29, 1.82) is 0 Å². The summed E-state index contributed by atoms with van der Waals surface area (Å²) in [5.74, 6) is 0.0829. The number of aromatic nitrogens is 3. The zero-order valence-electron chi connectivity index (χ0n) is 14.6. The fourth-order valence-corrected chi connectivity index (χ4v) is 3.69. The topological polar surface area (TPSA) is 47.8 Å². The number of Topliss-reactive ketones (excluding diaryl/α,β-unsaturated/α-hetero) is 1. The van der Waals surface area contributed by atoms with Crippen LogP contribution in [0.1, 0.15) is 39.2 Å². The molecule has 0 aliphatic rings. The Bertz CT molecular complexity index is 853. The second kappa shape index (κ2) is 7.66.